The quantitative estimate of drug-likeness (QED) is 0.881. The lowest BCUT2D eigenvalue weighted by Gasteiger charge is -2.24. The maximum Gasteiger partial charge on any atom is 0.270 e. The fourth-order valence-electron chi connectivity index (χ4n) is 2.79. The summed E-state index contributed by atoms with van der Waals surface area (Å²) in [7, 11) is 0. The summed E-state index contributed by atoms with van der Waals surface area (Å²) >= 11 is 5.71. The summed E-state index contributed by atoms with van der Waals surface area (Å²) in [6.45, 7) is 0.0667. The molecule has 1 fully saturated rings. The van der Waals surface area contributed by atoms with Crippen LogP contribution in [-0.4, -0.2) is 50.5 Å². The molecule has 0 spiro atoms. The molecule has 1 aromatic carbocycles. The number of rotatable bonds is 4. The molecule has 0 saturated carbocycles. The smallest absolute Gasteiger partial charge is 0.270 e. The molecule has 2 heterocycles. The maximum absolute atomic E-state index is 13.9. The molecular weight excluding hydrogens is 356 g/mol. The topological polar surface area (TPSA) is 94.1 Å². The molecule has 7 nitrogen and oxygen atoms in total. The normalized spacial score (nSPS) is 20.0. The molecule has 3 rings (SSSR count). The molecule has 10 heteroatoms. The molecule has 25 heavy (non-hydrogen) atoms. The average molecular weight is 370 g/mol. The summed E-state index contributed by atoms with van der Waals surface area (Å²) in [6.07, 6.45) is 0.265. The van der Waals surface area contributed by atoms with Gasteiger partial charge in [0.15, 0.2) is 5.69 Å². The van der Waals surface area contributed by atoms with Crippen LogP contribution < -0.4 is 5.73 Å². The molecule has 2 aromatic rings. The van der Waals surface area contributed by atoms with Crippen LogP contribution in [0.25, 0.3) is 0 Å². The number of aromatic nitrogens is 3. The Kier molecular flexibility index (Phi) is 4.67. The lowest BCUT2D eigenvalue weighted by atomic mass is 10.1. The van der Waals surface area contributed by atoms with Gasteiger partial charge >= 0.3 is 0 Å². The minimum Gasteiger partial charge on any atom is -0.364 e. The Hall–Kier alpha value is -2.55. The molecule has 0 unspecified atom stereocenters. The summed E-state index contributed by atoms with van der Waals surface area (Å²) in [5.41, 5.74) is 5.27. The Morgan fingerprint density at radius 2 is 2.16 bits per heavy atom. The second-order valence-electron chi connectivity index (χ2n) is 5.76. The second-order valence-corrected chi connectivity index (χ2v) is 6.17. The third-order valence-electron chi connectivity index (χ3n) is 3.98. The van der Waals surface area contributed by atoms with Crippen LogP contribution in [0.1, 0.15) is 27.3 Å². The minimum absolute atomic E-state index is 0.0158. The van der Waals surface area contributed by atoms with E-state index in [2.05, 4.69) is 10.3 Å². The molecule has 1 aromatic heterocycles. The fourth-order valence-corrected chi connectivity index (χ4v) is 2.97. The maximum atomic E-state index is 13.9. The summed E-state index contributed by atoms with van der Waals surface area (Å²) in [4.78, 5) is 25.0. The molecule has 1 aliphatic rings. The Labute approximate surface area is 146 Å². The summed E-state index contributed by atoms with van der Waals surface area (Å²) in [5.74, 6) is -1.82. The number of alkyl halides is 1. The van der Waals surface area contributed by atoms with Gasteiger partial charge in [0.25, 0.3) is 11.8 Å². The number of primary amides is 1. The lowest BCUT2D eigenvalue weighted by molar-refractivity contribution is 0.0714. The standard InChI is InChI=1S/C15H14ClF2N5O2/c16-11-3-8(1-2-12(11)18)15(25)23-5-9(17)4-10(23)6-22-7-13(14(19)24)20-21-22/h1-3,7,9-10H,4-6H2,(H2,19,24)/t9-,10-/m0/s1. The van der Waals surface area contributed by atoms with Gasteiger partial charge in [0.2, 0.25) is 0 Å². The monoisotopic (exact) mass is 369 g/mol. The van der Waals surface area contributed by atoms with Crippen LogP contribution in [0.5, 0.6) is 0 Å². The van der Waals surface area contributed by atoms with Crippen molar-refractivity contribution < 1.29 is 18.4 Å². The predicted molar refractivity (Wildman–Crippen MR) is 84.3 cm³/mol. The number of nitrogens with two attached hydrogens (primary N) is 1. The number of hydrogen-bond acceptors (Lipinski definition) is 4. The van der Waals surface area contributed by atoms with Crippen molar-refractivity contribution >= 4 is 23.4 Å². The van der Waals surface area contributed by atoms with Crippen molar-refractivity contribution in [1.82, 2.24) is 19.9 Å². The van der Waals surface area contributed by atoms with E-state index in [1.54, 1.807) is 0 Å². The minimum atomic E-state index is -1.19. The molecule has 2 amide bonds. The Balaban J connectivity index is 1.79. The molecular formula is C15H14ClF2N5O2. The number of benzene rings is 1. The van der Waals surface area contributed by atoms with Gasteiger partial charge in [-0.2, -0.15) is 0 Å². The Morgan fingerprint density at radius 1 is 1.40 bits per heavy atom. The van der Waals surface area contributed by atoms with Gasteiger partial charge < -0.3 is 10.6 Å². The van der Waals surface area contributed by atoms with Crippen LogP contribution in [0.2, 0.25) is 5.02 Å². The zero-order chi connectivity index (χ0) is 18.1. The highest BCUT2D eigenvalue weighted by atomic mass is 35.5. The van der Waals surface area contributed by atoms with E-state index in [0.29, 0.717) is 0 Å². The van der Waals surface area contributed by atoms with Gasteiger partial charge in [-0.3, -0.25) is 9.59 Å². The zero-order valence-corrected chi connectivity index (χ0v) is 13.7. The molecule has 1 saturated heterocycles. The molecule has 1 aliphatic heterocycles. The molecule has 2 N–H and O–H groups in total. The van der Waals surface area contributed by atoms with E-state index in [1.807, 2.05) is 0 Å². The van der Waals surface area contributed by atoms with E-state index in [9.17, 15) is 18.4 Å². The SMILES string of the molecule is NC(=O)c1cn(C[C@@H]2C[C@H](F)CN2C(=O)c2ccc(F)c(Cl)c2)nn1. The van der Waals surface area contributed by atoms with E-state index in [1.165, 1.54) is 27.9 Å². The summed E-state index contributed by atoms with van der Waals surface area (Å²) in [6, 6.07) is 3.10. The van der Waals surface area contributed by atoms with Crippen molar-refractivity contribution in [2.45, 2.75) is 25.2 Å². The van der Waals surface area contributed by atoms with E-state index < -0.39 is 29.8 Å². The highest BCUT2D eigenvalue weighted by Crippen LogP contribution is 2.25. The van der Waals surface area contributed by atoms with Crippen LogP contribution in [0, 0.1) is 5.82 Å². The Bertz CT molecular complexity index is 828. The third kappa shape index (κ3) is 3.60. The lowest BCUT2D eigenvalue weighted by Crippen LogP contribution is -2.38. The number of halogens is 3. The van der Waals surface area contributed by atoms with Crippen LogP contribution >= 0.6 is 11.6 Å². The first-order valence-corrected chi connectivity index (χ1v) is 7.83. The van der Waals surface area contributed by atoms with E-state index in [4.69, 9.17) is 17.3 Å². The van der Waals surface area contributed by atoms with Crippen LogP contribution in [-0.2, 0) is 6.54 Å². The number of amides is 2. The largest absolute Gasteiger partial charge is 0.364 e. The molecule has 0 aliphatic carbocycles. The van der Waals surface area contributed by atoms with Gasteiger partial charge in [-0.1, -0.05) is 16.8 Å². The second kappa shape index (κ2) is 6.75. The van der Waals surface area contributed by atoms with Crippen molar-refractivity contribution in [3.8, 4) is 0 Å². The number of nitrogens with zero attached hydrogens (tertiary/aromatic N) is 4. The van der Waals surface area contributed by atoms with E-state index >= 15 is 0 Å². The van der Waals surface area contributed by atoms with Crippen molar-refractivity contribution in [2.24, 2.45) is 5.73 Å². The number of hydrogen-bond donors (Lipinski definition) is 1. The van der Waals surface area contributed by atoms with Gasteiger partial charge in [0.1, 0.15) is 12.0 Å². The van der Waals surface area contributed by atoms with Crippen LogP contribution in [0.15, 0.2) is 24.4 Å². The highest BCUT2D eigenvalue weighted by Gasteiger charge is 2.36. The number of carbonyl (C=O) groups excluding carboxylic acids is 2. The summed E-state index contributed by atoms with van der Waals surface area (Å²) in [5, 5.41) is 7.18. The fraction of sp³-hybridized carbons (Fsp3) is 0.333. The van der Waals surface area contributed by atoms with Gasteiger partial charge in [-0.05, 0) is 18.2 Å². The van der Waals surface area contributed by atoms with E-state index in [-0.39, 0.29) is 35.8 Å². The first-order valence-electron chi connectivity index (χ1n) is 7.45. The third-order valence-corrected chi connectivity index (χ3v) is 4.27. The van der Waals surface area contributed by atoms with Crippen LogP contribution in [0.3, 0.4) is 0 Å². The first kappa shape index (κ1) is 17.3. The van der Waals surface area contributed by atoms with Crippen molar-refractivity contribution in [3.63, 3.8) is 0 Å². The van der Waals surface area contributed by atoms with Crippen molar-refractivity contribution in [2.75, 3.05) is 6.54 Å². The highest BCUT2D eigenvalue weighted by molar-refractivity contribution is 6.31. The van der Waals surface area contributed by atoms with Crippen LogP contribution in [0.4, 0.5) is 8.78 Å². The molecule has 0 bridgehead atoms. The van der Waals surface area contributed by atoms with Gasteiger partial charge in [-0.25, -0.2) is 13.5 Å². The van der Waals surface area contributed by atoms with Gasteiger partial charge in [0, 0.05) is 12.0 Å². The van der Waals surface area contributed by atoms with E-state index in [0.717, 1.165) is 6.07 Å². The molecule has 132 valence electrons. The number of likely N-dealkylation sites (tertiary alicyclic amines) is 1. The van der Waals surface area contributed by atoms with Crippen molar-refractivity contribution in [3.05, 3.63) is 46.5 Å². The van der Waals surface area contributed by atoms with Gasteiger partial charge in [-0.15, -0.1) is 5.10 Å². The molecule has 2 atom stereocenters. The van der Waals surface area contributed by atoms with Crippen molar-refractivity contribution in [1.29, 1.82) is 0 Å². The summed E-state index contributed by atoms with van der Waals surface area (Å²) < 4.78 is 28.5. The van der Waals surface area contributed by atoms with Gasteiger partial charge in [0.05, 0.1) is 30.4 Å². The molecule has 0 radical (unpaired) electrons. The zero-order valence-electron chi connectivity index (χ0n) is 12.9. The Morgan fingerprint density at radius 3 is 2.80 bits per heavy atom. The first-order chi connectivity index (χ1) is 11.8. The predicted octanol–water partition coefficient (Wildman–Crippen LogP) is 1.42. The average Bonchev–Trinajstić information content (AvgIpc) is 3.16. The number of carbonyl (C=O) groups is 2.